The average Bonchev–Trinajstić information content (AvgIpc) is 3.15. The number of amides is 1. The minimum absolute atomic E-state index is 0. The molecule has 1 saturated carbocycles. The lowest BCUT2D eigenvalue weighted by atomic mass is 10.2. The van der Waals surface area contributed by atoms with Gasteiger partial charge in [-0.2, -0.15) is 0 Å². The molecule has 1 aromatic carbocycles. The molecule has 0 bridgehead atoms. The van der Waals surface area contributed by atoms with E-state index < -0.39 is 5.54 Å². The highest BCUT2D eigenvalue weighted by molar-refractivity contribution is 7.22. The van der Waals surface area contributed by atoms with Crippen molar-refractivity contribution in [3.63, 3.8) is 0 Å². The van der Waals surface area contributed by atoms with Gasteiger partial charge < -0.3 is 20.7 Å². The third kappa shape index (κ3) is 3.75. The third-order valence-corrected chi connectivity index (χ3v) is 5.24. The van der Waals surface area contributed by atoms with Gasteiger partial charge >= 0.3 is 0 Å². The summed E-state index contributed by atoms with van der Waals surface area (Å²) in [5, 5.41) is 3.92. The number of carbonyl (C=O) groups excluding carboxylic acids is 1. The zero-order chi connectivity index (χ0) is 15.2. The summed E-state index contributed by atoms with van der Waals surface area (Å²) in [5.41, 5.74) is 7.00. The topological polar surface area (TPSA) is 80.5 Å². The van der Waals surface area contributed by atoms with Gasteiger partial charge in [0.25, 0.3) is 0 Å². The lowest BCUT2D eigenvalue weighted by Crippen LogP contribution is -2.37. The molecule has 0 radical (unpaired) electrons. The zero-order valence-electron chi connectivity index (χ0n) is 13.0. The number of thiazole rings is 1. The van der Waals surface area contributed by atoms with Crippen LogP contribution in [0.15, 0.2) is 18.2 Å². The van der Waals surface area contributed by atoms with Crippen LogP contribution in [-0.2, 0) is 9.53 Å². The molecule has 2 aliphatic rings. The molecule has 1 aliphatic heterocycles. The van der Waals surface area contributed by atoms with Crippen molar-refractivity contribution >= 4 is 63.1 Å². The Kier molecular flexibility index (Phi) is 5.93. The summed E-state index contributed by atoms with van der Waals surface area (Å²) in [6.45, 7) is 3.24. The second kappa shape index (κ2) is 7.41. The SMILES string of the molecule is Cl.Cl.NC1(C(=O)Nc2ccc3nc(N4CCOCC4)sc3c2)CC1. The van der Waals surface area contributed by atoms with Crippen LogP contribution in [0.1, 0.15) is 12.8 Å². The number of hydrogen-bond acceptors (Lipinski definition) is 6. The van der Waals surface area contributed by atoms with Crippen LogP contribution in [0, 0.1) is 0 Å². The maximum Gasteiger partial charge on any atom is 0.244 e. The van der Waals surface area contributed by atoms with Gasteiger partial charge in [-0.05, 0) is 31.0 Å². The van der Waals surface area contributed by atoms with Crippen molar-refractivity contribution in [2.75, 3.05) is 36.5 Å². The fourth-order valence-electron chi connectivity index (χ4n) is 2.50. The van der Waals surface area contributed by atoms with Gasteiger partial charge in [0, 0.05) is 18.8 Å². The molecule has 24 heavy (non-hydrogen) atoms. The van der Waals surface area contributed by atoms with Gasteiger partial charge in [-0.15, -0.1) is 24.8 Å². The van der Waals surface area contributed by atoms with Crippen LogP contribution in [0.5, 0.6) is 0 Å². The second-order valence-electron chi connectivity index (χ2n) is 5.89. The van der Waals surface area contributed by atoms with Gasteiger partial charge in [0.2, 0.25) is 5.91 Å². The number of nitrogens with zero attached hydrogens (tertiary/aromatic N) is 2. The molecule has 1 aliphatic carbocycles. The van der Waals surface area contributed by atoms with Crippen molar-refractivity contribution in [2.45, 2.75) is 18.4 Å². The molecule has 132 valence electrons. The highest BCUT2D eigenvalue weighted by Crippen LogP contribution is 2.35. The van der Waals surface area contributed by atoms with Gasteiger partial charge in [-0.25, -0.2) is 4.98 Å². The Hall–Kier alpha value is -1.12. The molecule has 2 heterocycles. The lowest BCUT2D eigenvalue weighted by Gasteiger charge is -2.25. The van der Waals surface area contributed by atoms with Crippen LogP contribution >= 0.6 is 36.2 Å². The van der Waals surface area contributed by atoms with E-state index in [1.807, 2.05) is 18.2 Å². The summed E-state index contributed by atoms with van der Waals surface area (Å²) < 4.78 is 6.44. The number of morpholine rings is 1. The number of ether oxygens (including phenoxy) is 1. The van der Waals surface area contributed by atoms with Gasteiger partial charge in [0.1, 0.15) is 0 Å². The summed E-state index contributed by atoms with van der Waals surface area (Å²) in [7, 11) is 0. The summed E-state index contributed by atoms with van der Waals surface area (Å²) in [6, 6.07) is 5.80. The van der Waals surface area contributed by atoms with E-state index in [2.05, 4.69) is 15.2 Å². The second-order valence-corrected chi connectivity index (χ2v) is 6.90. The summed E-state index contributed by atoms with van der Waals surface area (Å²) in [6.07, 6.45) is 1.53. The van der Waals surface area contributed by atoms with E-state index >= 15 is 0 Å². The maximum absolute atomic E-state index is 12.0. The van der Waals surface area contributed by atoms with E-state index in [1.165, 1.54) is 0 Å². The predicted molar refractivity (Wildman–Crippen MR) is 102 cm³/mol. The molecule has 2 aromatic rings. The molecular formula is C15H20Cl2N4O2S. The number of nitrogens with one attached hydrogen (secondary N) is 1. The van der Waals surface area contributed by atoms with Crippen molar-refractivity contribution in [1.82, 2.24) is 4.98 Å². The normalized spacial score (nSPS) is 18.5. The highest BCUT2D eigenvalue weighted by Gasteiger charge is 2.45. The Bertz CT molecular complexity index is 729. The number of aromatic nitrogens is 1. The zero-order valence-corrected chi connectivity index (χ0v) is 15.4. The Labute approximate surface area is 156 Å². The number of fused-ring (bicyclic) bond motifs is 1. The third-order valence-electron chi connectivity index (χ3n) is 4.16. The molecule has 0 atom stereocenters. The minimum Gasteiger partial charge on any atom is -0.378 e. The quantitative estimate of drug-likeness (QED) is 0.840. The number of benzene rings is 1. The first-order valence-corrected chi connectivity index (χ1v) is 8.29. The molecule has 0 unspecified atom stereocenters. The Morgan fingerprint density at radius 2 is 2.00 bits per heavy atom. The van der Waals surface area contributed by atoms with Crippen LogP contribution in [0.25, 0.3) is 10.2 Å². The van der Waals surface area contributed by atoms with Crippen LogP contribution in [0.2, 0.25) is 0 Å². The maximum atomic E-state index is 12.0. The highest BCUT2D eigenvalue weighted by atomic mass is 35.5. The Morgan fingerprint density at radius 1 is 1.29 bits per heavy atom. The predicted octanol–water partition coefficient (Wildman–Crippen LogP) is 2.41. The molecule has 0 spiro atoms. The van der Waals surface area contributed by atoms with E-state index in [1.54, 1.807) is 11.3 Å². The van der Waals surface area contributed by atoms with E-state index in [4.69, 9.17) is 10.5 Å². The molecule has 4 rings (SSSR count). The van der Waals surface area contributed by atoms with Crippen LogP contribution < -0.4 is 16.0 Å². The molecule has 1 saturated heterocycles. The van der Waals surface area contributed by atoms with Gasteiger partial charge in [-0.1, -0.05) is 11.3 Å². The fraction of sp³-hybridized carbons (Fsp3) is 0.467. The summed E-state index contributed by atoms with van der Waals surface area (Å²) in [4.78, 5) is 18.9. The number of anilines is 2. The first kappa shape index (κ1) is 19.2. The van der Waals surface area contributed by atoms with Crippen LogP contribution in [0.4, 0.5) is 10.8 Å². The van der Waals surface area contributed by atoms with E-state index in [9.17, 15) is 4.79 Å². The molecular weight excluding hydrogens is 371 g/mol. The van der Waals surface area contributed by atoms with Crippen molar-refractivity contribution in [3.05, 3.63) is 18.2 Å². The standard InChI is InChI=1S/C15H18N4O2S.2ClH/c16-15(3-4-15)13(20)17-10-1-2-11-12(9-10)22-14(18-11)19-5-7-21-8-6-19;;/h1-2,9H,3-8,16H2,(H,17,20);2*1H. The van der Waals surface area contributed by atoms with Gasteiger partial charge in [0.15, 0.2) is 5.13 Å². The molecule has 9 heteroatoms. The molecule has 6 nitrogen and oxygen atoms in total. The van der Waals surface area contributed by atoms with E-state index in [0.29, 0.717) is 0 Å². The van der Waals surface area contributed by atoms with E-state index in [0.717, 1.165) is 60.2 Å². The Morgan fingerprint density at radius 3 is 2.67 bits per heavy atom. The first-order valence-electron chi connectivity index (χ1n) is 7.48. The summed E-state index contributed by atoms with van der Waals surface area (Å²) in [5.74, 6) is -0.0928. The number of rotatable bonds is 3. The van der Waals surface area contributed by atoms with Crippen molar-refractivity contribution < 1.29 is 9.53 Å². The average molecular weight is 391 g/mol. The van der Waals surface area contributed by atoms with Crippen LogP contribution in [0.3, 0.4) is 0 Å². The van der Waals surface area contributed by atoms with Crippen molar-refractivity contribution in [1.29, 1.82) is 0 Å². The number of halogens is 2. The van der Waals surface area contributed by atoms with E-state index in [-0.39, 0.29) is 30.7 Å². The number of hydrogen-bond donors (Lipinski definition) is 2. The first-order chi connectivity index (χ1) is 10.6. The fourth-order valence-corrected chi connectivity index (χ4v) is 3.55. The molecule has 1 aromatic heterocycles. The smallest absolute Gasteiger partial charge is 0.244 e. The molecule has 3 N–H and O–H groups in total. The monoisotopic (exact) mass is 390 g/mol. The lowest BCUT2D eigenvalue weighted by molar-refractivity contribution is -0.118. The van der Waals surface area contributed by atoms with Crippen LogP contribution in [-0.4, -0.2) is 42.7 Å². The van der Waals surface area contributed by atoms with Gasteiger partial charge in [-0.3, -0.25) is 4.79 Å². The summed E-state index contributed by atoms with van der Waals surface area (Å²) >= 11 is 1.64. The van der Waals surface area contributed by atoms with Gasteiger partial charge in [0.05, 0.1) is 29.0 Å². The largest absolute Gasteiger partial charge is 0.378 e. The minimum atomic E-state index is -0.651. The Balaban J connectivity index is 0.00000104. The van der Waals surface area contributed by atoms with Crippen molar-refractivity contribution in [3.8, 4) is 0 Å². The molecule has 1 amide bonds. The van der Waals surface area contributed by atoms with Crippen molar-refractivity contribution in [2.24, 2.45) is 5.73 Å². The number of nitrogens with two attached hydrogens (primary N) is 1. The molecule has 2 fully saturated rings. The number of carbonyl (C=O) groups is 1.